The average molecular weight is 360 g/mol. The molecule has 24 heavy (non-hydrogen) atoms. The smallest absolute Gasteiger partial charge is 0.307 e. The van der Waals surface area contributed by atoms with Gasteiger partial charge in [-0.1, -0.05) is 25.1 Å². The minimum absolute atomic E-state index is 0. The topological polar surface area (TPSA) is 93.4 Å². The van der Waals surface area contributed by atoms with Crippen molar-refractivity contribution in [2.75, 3.05) is 40.0 Å². The molecule has 0 saturated heterocycles. The molecular weight excluding hydrogens is 326 g/mol. The number of nitrogens with two attached hydrogens (primary N) is 1. The number of amides is 1. The number of hydrogen-bond acceptors (Lipinski definition) is 6. The molecule has 140 valence electrons. The maximum Gasteiger partial charge on any atom is 0.307 e. The molecule has 0 unspecified atom stereocenters. The summed E-state index contributed by atoms with van der Waals surface area (Å²) in [7, 11) is 4.79. The molecule has 1 rings (SSSR count). The van der Waals surface area contributed by atoms with Crippen molar-refractivity contribution < 1.29 is 15.8 Å². The number of ether oxygens (including phenoxy) is 1. The van der Waals surface area contributed by atoms with Gasteiger partial charge in [0.05, 0.1) is 19.3 Å². The number of hydrogen-bond donors (Lipinski definition) is 3. The van der Waals surface area contributed by atoms with E-state index in [9.17, 15) is 9.59 Å². The summed E-state index contributed by atoms with van der Waals surface area (Å²) in [5.74, 6) is -0.0469. The molecular formula is C17H33N3O3S. The Balaban J connectivity index is -0.000000521. The number of nitrogens with one attached hydrogen (secondary N) is 2. The Labute approximate surface area is 151 Å². The highest BCUT2D eigenvalue weighted by Crippen LogP contribution is 2.15. The van der Waals surface area contributed by atoms with Gasteiger partial charge in [-0.3, -0.25) is 9.59 Å². The molecule has 1 amide bonds. The number of thioether (sulfide) groups is 1. The molecule has 0 aromatic heterocycles. The highest BCUT2D eigenvalue weighted by molar-refractivity contribution is 8.00. The van der Waals surface area contributed by atoms with Crippen LogP contribution in [0.5, 0.6) is 0 Å². The SMILES string of the molecule is CCCNC.CN.COC(=O)CCNC(=O)CSc1ccccc1.[HH]. The number of benzene rings is 1. The summed E-state index contributed by atoms with van der Waals surface area (Å²) in [4.78, 5) is 23.2. The van der Waals surface area contributed by atoms with Gasteiger partial charge in [0.1, 0.15) is 0 Å². The molecule has 0 saturated carbocycles. The Morgan fingerprint density at radius 3 is 2.29 bits per heavy atom. The van der Waals surface area contributed by atoms with Crippen LogP contribution in [-0.4, -0.2) is 51.9 Å². The number of carbonyl (C=O) groups excluding carboxylic acids is 2. The van der Waals surface area contributed by atoms with E-state index < -0.39 is 0 Å². The van der Waals surface area contributed by atoms with Gasteiger partial charge >= 0.3 is 5.97 Å². The normalized spacial score (nSPS) is 8.88. The second kappa shape index (κ2) is 19.5. The van der Waals surface area contributed by atoms with Crippen LogP contribution in [0.15, 0.2) is 35.2 Å². The Morgan fingerprint density at radius 1 is 1.21 bits per heavy atom. The van der Waals surface area contributed by atoms with Crippen molar-refractivity contribution in [3.8, 4) is 0 Å². The first-order valence-electron chi connectivity index (χ1n) is 7.87. The quantitative estimate of drug-likeness (QED) is 0.485. The third kappa shape index (κ3) is 16.8. The molecule has 0 bridgehead atoms. The molecule has 0 atom stereocenters. The van der Waals surface area contributed by atoms with Gasteiger partial charge in [0, 0.05) is 12.9 Å². The lowest BCUT2D eigenvalue weighted by Gasteiger charge is -2.04. The monoisotopic (exact) mass is 359 g/mol. The molecule has 0 aliphatic rings. The van der Waals surface area contributed by atoms with Crippen LogP contribution in [0.2, 0.25) is 0 Å². The fourth-order valence-corrected chi connectivity index (χ4v) is 2.12. The van der Waals surface area contributed by atoms with Crippen LogP contribution in [0, 0.1) is 0 Å². The molecule has 0 fully saturated rings. The Morgan fingerprint density at radius 2 is 1.83 bits per heavy atom. The molecule has 0 spiro atoms. The predicted molar refractivity (Wildman–Crippen MR) is 103 cm³/mol. The predicted octanol–water partition coefficient (Wildman–Crippen LogP) is 1.89. The fraction of sp³-hybridized carbons (Fsp3) is 0.529. The summed E-state index contributed by atoms with van der Waals surface area (Å²) in [6.07, 6.45) is 1.44. The van der Waals surface area contributed by atoms with Crippen molar-refractivity contribution in [1.29, 1.82) is 0 Å². The van der Waals surface area contributed by atoms with E-state index >= 15 is 0 Å². The first kappa shape index (κ1) is 24.7. The zero-order chi connectivity index (χ0) is 18.6. The van der Waals surface area contributed by atoms with Crippen molar-refractivity contribution in [1.82, 2.24) is 10.6 Å². The van der Waals surface area contributed by atoms with Crippen LogP contribution in [0.3, 0.4) is 0 Å². The standard InChI is InChI=1S/C12H15NO3S.C4H11N.CH5N.H2/c1-16-12(15)7-8-13-11(14)9-17-10-5-3-2-4-6-10;1-3-4-5-2;1-2;/h2-6H,7-9H2,1H3,(H,13,14);5H,3-4H2,1-2H3;2H2,1H3;1H. The van der Waals surface area contributed by atoms with Gasteiger partial charge in [-0.2, -0.15) is 0 Å². The Hall–Kier alpha value is -1.57. The van der Waals surface area contributed by atoms with E-state index in [4.69, 9.17) is 0 Å². The van der Waals surface area contributed by atoms with E-state index in [1.165, 1.54) is 32.3 Å². The molecule has 7 heteroatoms. The van der Waals surface area contributed by atoms with Crippen molar-refractivity contribution in [2.45, 2.75) is 24.7 Å². The van der Waals surface area contributed by atoms with Gasteiger partial charge in [-0.25, -0.2) is 0 Å². The van der Waals surface area contributed by atoms with Gasteiger partial charge in [-0.05, 0) is 39.2 Å². The third-order valence-corrected chi connectivity index (χ3v) is 3.50. The Bertz CT molecular complexity index is 421. The van der Waals surface area contributed by atoms with Crippen LogP contribution < -0.4 is 16.4 Å². The molecule has 0 aliphatic carbocycles. The maximum absolute atomic E-state index is 11.4. The lowest BCUT2D eigenvalue weighted by molar-refractivity contribution is -0.140. The van der Waals surface area contributed by atoms with E-state index in [-0.39, 0.29) is 19.7 Å². The van der Waals surface area contributed by atoms with Crippen molar-refractivity contribution in [3.05, 3.63) is 30.3 Å². The Kier molecular flexibility index (Phi) is 20.0. The van der Waals surface area contributed by atoms with Crippen molar-refractivity contribution in [3.63, 3.8) is 0 Å². The van der Waals surface area contributed by atoms with Gasteiger partial charge in [0.2, 0.25) is 5.91 Å². The lowest BCUT2D eigenvalue weighted by atomic mass is 10.4. The van der Waals surface area contributed by atoms with Crippen LogP contribution in [0.25, 0.3) is 0 Å². The number of rotatable bonds is 8. The van der Waals surface area contributed by atoms with Crippen LogP contribution in [0.4, 0.5) is 0 Å². The maximum atomic E-state index is 11.4. The summed E-state index contributed by atoms with van der Waals surface area (Å²) in [6.45, 7) is 3.61. The highest BCUT2D eigenvalue weighted by Gasteiger charge is 2.04. The van der Waals surface area contributed by atoms with Gasteiger partial charge in [0.25, 0.3) is 0 Å². The van der Waals surface area contributed by atoms with E-state index in [0.717, 1.165) is 11.4 Å². The van der Waals surface area contributed by atoms with Gasteiger partial charge < -0.3 is 21.1 Å². The summed E-state index contributed by atoms with van der Waals surface area (Å²) in [5, 5.41) is 5.67. The summed E-state index contributed by atoms with van der Waals surface area (Å²) < 4.78 is 4.47. The molecule has 0 radical (unpaired) electrons. The molecule has 1 aromatic carbocycles. The summed E-state index contributed by atoms with van der Waals surface area (Å²) >= 11 is 1.46. The van der Waals surface area contributed by atoms with Crippen LogP contribution in [-0.2, 0) is 14.3 Å². The van der Waals surface area contributed by atoms with Crippen LogP contribution in [0.1, 0.15) is 21.2 Å². The second-order valence-corrected chi connectivity index (χ2v) is 5.43. The third-order valence-electron chi connectivity index (χ3n) is 2.49. The molecule has 1 aromatic rings. The minimum Gasteiger partial charge on any atom is -0.469 e. The zero-order valence-electron chi connectivity index (χ0n) is 15.1. The average Bonchev–Trinajstić information content (AvgIpc) is 2.63. The molecule has 0 heterocycles. The first-order valence-corrected chi connectivity index (χ1v) is 8.86. The zero-order valence-corrected chi connectivity index (χ0v) is 15.9. The number of esters is 1. The second-order valence-electron chi connectivity index (χ2n) is 4.38. The molecule has 6 nitrogen and oxygen atoms in total. The summed E-state index contributed by atoms with van der Waals surface area (Å²) in [5.41, 5.74) is 4.50. The lowest BCUT2D eigenvalue weighted by Crippen LogP contribution is -2.27. The van der Waals surface area contributed by atoms with Gasteiger partial charge in [-0.15, -0.1) is 11.8 Å². The van der Waals surface area contributed by atoms with E-state index in [2.05, 4.69) is 28.0 Å². The fourth-order valence-electron chi connectivity index (χ4n) is 1.37. The van der Waals surface area contributed by atoms with Crippen molar-refractivity contribution >= 4 is 23.6 Å². The van der Waals surface area contributed by atoms with Gasteiger partial charge in [0.15, 0.2) is 0 Å². The minimum atomic E-state index is -0.319. The molecule has 4 N–H and O–H groups in total. The van der Waals surface area contributed by atoms with E-state index in [0.29, 0.717) is 12.3 Å². The first-order chi connectivity index (χ1) is 11.6. The summed E-state index contributed by atoms with van der Waals surface area (Å²) in [6, 6.07) is 9.69. The molecule has 0 aliphatic heterocycles. The largest absolute Gasteiger partial charge is 0.469 e. The van der Waals surface area contributed by atoms with E-state index in [1.807, 2.05) is 37.4 Å². The number of carbonyl (C=O) groups is 2. The van der Waals surface area contributed by atoms with Crippen molar-refractivity contribution in [2.24, 2.45) is 5.73 Å². The van der Waals surface area contributed by atoms with Crippen LogP contribution >= 0.6 is 11.8 Å². The number of methoxy groups -OCH3 is 1. The highest BCUT2D eigenvalue weighted by atomic mass is 32.2. The van der Waals surface area contributed by atoms with E-state index in [1.54, 1.807) is 0 Å².